The van der Waals surface area contributed by atoms with Gasteiger partial charge in [-0.25, -0.2) is 4.98 Å². The van der Waals surface area contributed by atoms with E-state index in [0.717, 1.165) is 4.57 Å². The number of amides is 1. The Morgan fingerprint density at radius 1 is 1.30 bits per heavy atom. The van der Waals surface area contributed by atoms with E-state index in [1.165, 1.54) is 12.4 Å². The van der Waals surface area contributed by atoms with Crippen LogP contribution < -0.4 is 5.73 Å². The normalized spacial score (nSPS) is 18.5. The lowest BCUT2D eigenvalue weighted by Gasteiger charge is -2.38. The van der Waals surface area contributed by atoms with Gasteiger partial charge in [-0.2, -0.15) is 8.78 Å². The number of aromatic nitrogens is 2. The molecule has 23 heavy (non-hydrogen) atoms. The van der Waals surface area contributed by atoms with Gasteiger partial charge in [-0.15, -0.1) is 0 Å². The summed E-state index contributed by atoms with van der Waals surface area (Å²) in [7, 11) is 0. The molecule has 1 saturated heterocycles. The molecule has 1 fully saturated rings. The third kappa shape index (κ3) is 4.26. The van der Waals surface area contributed by atoms with Crippen LogP contribution in [0, 0.1) is 5.41 Å². The number of hydrogen-bond acceptors (Lipinski definition) is 4. The van der Waals surface area contributed by atoms with Crippen molar-refractivity contribution in [3.05, 3.63) is 18.2 Å². The summed E-state index contributed by atoms with van der Waals surface area (Å²) in [4.78, 5) is 20.1. The van der Waals surface area contributed by atoms with Gasteiger partial charge < -0.3 is 10.6 Å². The van der Waals surface area contributed by atoms with Crippen LogP contribution in [-0.4, -0.2) is 57.5 Å². The van der Waals surface area contributed by atoms with Crippen LogP contribution in [0.4, 0.5) is 8.78 Å². The SMILES string of the molecule is CC(C)(C)[C@H](N)C(=O)N1CCN(Cc2nccn2C(F)F)CC1. The number of nitrogens with two attached hydrogens (primary N) is 1. The summed E-state index contributed by atoms with van der Waals surface area (Å²) < 4.78 is 26.5. The highest BCUT2D eigenvalue weighted by atomic mass is 19.3. The van der Waals surface area contributed by atoms with E-state index < -0.39 is 12.6 Å². The minimum atomic E-state index is -2.58. The Hall–Kier alpha value is -1.54. The van der Waals surface area contributed by atoms with Crippen LogP contribution in [0.2, 0.25) is 0 Å². The van der Waals surface area contributed by atoms with Crippen LogP contribution in [0.3, 0.4) is 0 Å². The van der Waals surface area contributed by atoms with Gasteiger partial charge in [-0.1, -0.05) is 20.8 Å². The first-order chi connectivity index (χ1) is 10.7. The van der Waals surface area contributed by atoms with Crippen LogP contribution in [0.1, 0.15) is 33.1 Å². The molecule has 130 valence electrons. The second kappa shape index (κ2) is 6.92. The Kier molecular flexibility index (Phi) is 5.36. The lowest BCUT2D eigenvalue weighted by atomic mass is 9.86. The fourth-order valence-corrected chi connectivity index (χ4v) is 2.54. The van der Waals surface area contributed by atoms with Crippen LogP contribution >= 0.6 is 0 Å². The zero-order valence-electron chi connectivity index (χ0n) is 13.9. The van der Waals surface area contributed by atoms with Gasteiger partial charge in [0.2, 0.25) is 5.91 Å². The molecular formula is C15H25F2N5O. The minimum absolute atomic E-state index is 0.0498. The highest BCUT2D eigenvalue weighted by Gasteiger charge is 2.32. The smallest absolute Gasteiger partial charge is 0.319 e. The van der Waals surface area contributed by atoms with Crippen LogP contribution in [0.5, 0.6) is 0 Å². The average molecular weight is 329 g/mol. The fraction of sp³-hybridized carbons (Fsp3) is 0.733. The van der Waals surface area contributed by atoms with E-state index in [1.807, 2.05) is 25.7 Å². The molecule has 1 amide bonds. The standard InChI is InChI=1S/C15H25F2N5O/c1-15(2,3)12(18)13(23)21-8-6-20(7-9-21)10-11-19-4-5-22(11)14(16)17/h4-5,12,14H,6-10,18H2,1-3H3/t12-/m1/s1. The van der Waals surface area contributed by atoms with E-state index in [2.05, 4.69) is 4.98 Å². The molecule has 6 nitrogen and oxygen atoms in total. The number of imidazole rings is 1. The van der Waals surface area contributed by atoms with Gasteiger partial charge >= 0.3 is 6.55 Å². The summed E-state index contributed by atoms with van der Waals surface area (Å²) in [6.07, 6.45) is 2.66. The van der Waals surface area contributed by atoms with Gasteiger partial charge in [0.25, 0.3) is 0 Å². The van der Waals surface area contributed by atoms with Gasteiger partial charge in [0.1, 0.15) is 5.82 Å². The second-order valence-corrected chi connectivity index (χ2v) is 6.97. The Morgan fingerprint density at radius 2 is 1.91 bits per heavy atom. The average Bonchev–Trinajstić information content (AvgIpc) is 2.94. The molecular weight excluding hydrogens is 304 g/mol. The molecule has 0 spiro atoms. The van der Waals surface area contributed by atoms with Gasteiger partial charge in [0, 0.05) is 38.6 Å². The number of hydrogen-bond donors (Lipinski definition) is 1. The number of halogens is 2. The Morgan fingerprint density at radius 3 is 2.43 bits per heavy atom. The maximum absolute atomic E-state index is 12.8. The van der Waals surface area contributed by atoms with E-state index >= 15 is 0 Å². The van der Waals surface area contributed by atoms with E-state index in [0.29, 0.717) is 38.5 Å². The summed E-state index contributed by atoms with van der Waals surface area (Å²) >= 11 is 0. The molecule has 1 aliphatic heterocycles. The van der Waals surface area contributed by atoms with Crippen molar-refractivity contribution in [1.82, 2.24) is 19.4 Å². The third-order valence-electron chi connectivity index (χ3n) is 4.21. The molecule has 0 aliphatic carbocycles. The lowest BCUT2D eigenvalue weighted by Crippen LogP contribution is -2.56. The maximum Gasteiger partial charge on any atom is 0.319 e. The molecule has 1 aromatic heterocycles. The molecule has 0 radical (unpaired) electrons. The number of rotatable bonds is 4. The molecule has 2 rings (SSSR count). The fourth-order valence-electron chi connectivity index (χ4n) is 2.54. The Balaban J connectivity index is 1.89. The molecule has 1 aromatic rings. The number of alkyl halides is 2. The predicted molar refractivity (Wildman–Crippen MR) is 82.8 cm³/mol. The van der Waals surface area contributed by atoms with E-state index in [1.54, 1.807) is 4.90 Å². The Bertz CT molecular complexity index is 532. The first-order valence-electron chi connectivity index (χ1n) is 7.76. The van der Waals surface area contributed by atoms with E-state index in [-0.39, 0.29) is 11.3 Å². The van der Waals surface area contributed by atoms with Crippen molar-refractivity contribution in [2.24, 2.45) is 11.1 Å². The first kappa shape index (κ1) is 17.8. The molecule has 2 heterocycles. The predicted octanol–water partition coefficient (Wildman–Crippen LogP) is 1.30. The molecule has 1 aliphatic rings. The molecule has 0 aromatic carbocycles. The van der Waals surface area contributed by atoms with Crippen molar-refractivity contribution in [3.8, 4) is 0 Å². The summed E-state index contributed by atoms with van der Waals surface area (Å²) in [5.41, 5.74) is 5.74. The summed E-state index contributed by atoms with van der Waals surface area (Å²) in [5.74, 6) is 0.289. The van der Waals surface area contributed by atoms with Crippen molar-refractivity contribution in [2.75, 3.05) is 26.2 Å². The highest BCUT2D eigenvalue weighted by Crippen LogP contribution is 2.20. The summed E-state index contributed by atoms with van der Waals surface area (Å²) in [5, 5.41) is 0. The maximum atomic E-state index is 12.8. The topological polar surface area (TPSA) is 67.4 Å². The number of nitrogens with zero attached hydrogens (tertiary/aromatic N) is 4. The second-order valence-electron chi connectivity index (χ2n) is 6.97. The van der Waals surface area contributed by atoms with Crippen molar-refractivity contribution in [3.63, 3.8) is 0 Å². The van der Waals surface area contributed by atoms with Crippen molar-refractivity contribution in [1.29, 1.82) is 0 Å². The number of carbonyl (C=O) groups is 1. The van der Waals surface area contributed by atoms with Gasteiger partial charge in [-0.05, 0) is 5.41 Å². The van der Waals surface area contributed by atoms with Crippen LogP contribution in [-0.2, 0) is 11.3 Å². The summed E-state index contributed by atoms with van der Waals surface area (Å²) in [6, 6.07) is -0.535. The third-order valence-corrected chi connectivity index (χ3v) is 4.21. The van der Waals surface area contributed by atoms with Crippen LogP contribution in [0.15, 0.2) is 12.4 Å². The molecule has 0 unspecified atom stereocenters. The van der Waals surface area contributed by atoms with Crippen LogP contribution in [0.25, 0.3) is 0 Å². The molecule has 8 heteroatoms. The molecule has 0 bridgehead atoms. The van der Waals surface area contributed by atoms with Gasteiger partial charge in [0.05, 0.1) is 12.6 Å². The highest BCUT2D eigenvalue weighted by molar-refractivity contribution is 5.82. The molecule has 1 atom stereocenters. The number of carbonyl (C=O) groups excluding carboxylic acids is 1. The van der Waals surface area contributed by atoms with Crippen molar-refractivity contribution >= 4 is 5.91 Å². The summed E-state index contributed by atoms with van der Waals surface area (Å²) in [6.45, 7) is 5.94. The number of piperazine rings is 1. The quantitative estimate of drug-likeness (QED) is 0.904. The minimum Gasteiger partial charge on any atom is -0.339 e. The zero-order chi connectivity index (χ0) is 17.2. The molecule has 0 saturated carbocycles. The van der Waals surface area contributed by atoms with Gasteiger partial charge in [-0.3, -0.25) is 14.3 Å². The monoisotopic (exact) mass is 329 g/mol. The zero-order valence-corrected chi connectivity index (χ0v) is 13.9. The first-order valence-corrected chi connectivity index (χ1v) is 7.76. The van der Waals surface area contributed by atoms with E-state index in [4.69, 9.17) is 5.73 Å². The van der Waals surface area contributed by atoms with Crippen molar-refractivity contribution in [2.45, 2.75) is 39.9 Å². The van der Waals surface area contributed by atoms with Crippen molar-refractivity contribution < 1.29 is 13.6 Å². The lowest BCUT2D eigenvalue weighted by molar-refractivity contribution is -0.136. The molecule has 2 N–H and O–H groups in total. The van der Waals surface area contributed by atoms with E-state index in [9.17, 15) is 13.6 Å². The Labute approximate surface area is 135 Å². The largest absolute Gasteiger partial charge is 0.339 e. The van der Waals surface area contributed by atoms with Gasteiger partial charge in [0.15, 0.2) is 0 Å².